The number of rotatable bonds is 6. The van der Waals surface area contributed by atoms with Crippen LogP contribution in [0.25, 0.3) is 0 Å². The van der Waals surface area contributed by atoms with Gasteiger partial charge in [0.25, 0.3) is 0 Å². The van der Waals surface area contributed by atoms with E-state index in [1.165, 1.54) is 0 Å². The molecule has 23 heavy (non-hydrogen) atoms. The van der Waals surface area contributed by atoms with E-state index in [0.717, 1.165) is 22.9 Å². The average molecular weight is 356 g/mol. The summed E-state index contributed by atoms with van der Waals surface area (Å²) >= 11 is 3.42. The van der Waals surface area contributed by atoms with Crippen molar-refractivity contribution in [3.8, 4) is 0 Å². The fourth-order valence-corrected chi connectivity index (χ4v) is 4.19. The number of hydrogen-bond acceptors (Lipinski definition) is 5. The van der Waals surface area contributed by atoms with Gasteiger partial charge < -0.3 is 10.2 Å². The molecule has 2 heterocycles. The largest absolute Gasteiger partial charge is 0.355 e. The molecule has 0 unspecified atom stereocenters. The second-order valence-corrected chi connectivity index (χ2v) is 8.59. The number of nitrogens with one attached hydrogen (secondary N) is 1. The van der Waals surface area contributed by atoms with Crippen LogP contribution in [0.1, 0.15) is 37.9 Å². The molecule has 1 N–H and O–H groups in total. The van der Waals surface area contributed by atoms with E-state index in [9.17, 15) is 9.59 Å². The predicted molar refractivity (Wildman–Crippen MR) is 95.6 cm³/mol. The van der Waals surface area contributed by atoms with Crippen LogP contribution in [-0.4, -0.2) is 46.6 Å². The third-order valence-electron chi connectivity index (χ3n) is 3.85. The number of thiazole rings is 1. The SMILES string of the molecule is CSCc1nc(CCNC(=O)[C@@H]2CC(=O)N(C(C)(C)C)C2)cs1. The molecular weight excluding hydrogens is 330 g/mol. The third-order valence-corrected chi connectivity index (χ3v) is 5.50. The van der Waals surface area contributed by atoms with Gasteiger partial charge in [0.15, 0.2) is 0 Å². The van der Waals surface area contributed by atoms with E-state index >= 15 is 0 Å². The highest BCUT2D eigenvalue weighted by Crippen LogP contribution is 2.25. The highest BCUT2D eigenvalue weighted by Gasteiger charge is 2.39. The zero-order chi connectivity index (χ0) is 17.0. The first kappa shape index (κ1) is 18.3. The fourth-order valence-electron chi connectivity index (χ4n) is 2.64. The predicted octanol–water partition coefficient (Wildman–Crippen LogP) is 2.31. The van der Waals surface area contributed by atoms with Gasteiger partial charge in [-0.2, -0.15) is 11.8 Å². The second-order valence-electron chi connectivity index (χ2n) is 6.78. The zero-order valence-electron chi connectivity index (χ0n) is 14.2. The maximum atomic E-state index is 12.3. The van der Waals surface area contributed by atoms with Crippen LogP contribution in [0.2, 0.25) is 0 Å². The first-order valence-electron chi connectivity index (χ1n) is 7.81. The Morgan fingerprint density at radius 3 is 2.87 bits per heavy atom. The molecule has 1 saturated heterocycles. The van der Waals surface area contributed by atoms with Crippen molar-refractivity contribution in [2.45, 2.75) is 44.9 Å². The van der Waals surface area contributed by atoms with E-state index in [2.05, 4.69) is 21.9 Å². The Morgan fingerprint density at radius 1 is 1.52 bits per heavy atom. The number of likely N-dealkylation sites (tertiary alicyclic amines) is 1. The molecule has 0 spiro atoms. The Morgan fingerprint density at radius 2 is 2.26 bits per heavy atom. The highest BCUT2D eigenvalue weighted by molar-refractivity contribution is 7.97. The smallest absolute Gasteiger partial charge is 0.225 e. The van der Waals surface area contributed by atoms with E-state index < -0.39 is 0 Å². The molecule has 1 fully saturated rings. The van der Waals surface area contributed by atoms with Crippen molar-refractivity contribution in [2.75, 3.05) is 19.3 Å². The van der Waals surface area contributed by atoms with E-state index in [4.69, 9.17) is 0 Å². The summed E-state index contributed by atoms with van der Waals surface area (Å²) in [6, 6.07) is 0. The summed E-state index contributed by atoms with van der Waals surface area (Å²) in [6.07, 6.45) is 3.11. The Balaban J connectivity index is 1.78. The second kappa shape index (κ2) is 7.66. The van der Waals surface area contributed by atoms with E-state index in [0.29, 0.717) is 19.5 Å². The summed E-state index contributed by atoms with van der Waals surface area (Å²) in [5.41, 5.74) is 0.804. The maximum Gasteiger partial charge on any atom is 0.225 e. The van der Waals surface area contributed by atoms with E-state index in [1.54, 1.807) is 28.0 Å². The quantitative estimate of drug-likeness (QED) is 0.851. The van der Waals surface area contributed by atoms with Crippen molar-refractivity contribution in [1.29, 1.82) is 0 Å². The number of aromatic nitrogens is 1. The third kappa shape index (κ3) is 4.94. The molecule has 128 valence electrons. The van der Waals surface area contributed by atoms with Crippen LogP contribution in [-0.2, 0) is 21.8 Å². The van der Waals surface area contributed by atoms with Crippen molar-refractivity contribution in [2.24, 2.45) is 5.92 Å². The topological polar surface area (TPSA) is 62.3 Å². The normalized spacial score (nSPS) is 18.5. The molecule has 0 aliphatic carbocycles. The molecule has 0 aromatic carbocycles. The summed E-state index contributed by atoms with van der Waals surface area (Å²) in [5, 5.41) is 6.13. The van der Waals surface area contributed by atoms with Crippen LogP contribution in [0.4, 0.5) is 0 Å². The van der Waals surface area contributed by atoms with Gasteiger partial charge in [0.05, 0.1) is 11.6 Å². The van der Waals surface area contributed by atoms with Crippen LogP contribution in [0, 0.1) is 5.92 Å². The van der Waals surface area contributed by atoms with Crippen LogP contribution >= 0.6 is 23.1 Å². The molecule has 2 rings (SSSR count). The zero-order valence-corrected chi connectivity index (χ0v) is 15.9. The highest BCUT2D eigenvalue weighted by atomic mass is 32.2. The van der Waals surface area contributed by atoms with Crippen molar-refractivity contribution in [3.63, 3.8) is 0 Å². The minimum atomic E-state index is -0.232. The Kier molecular flexibility index (Phi) is 6.08. The first-order chi connectivity index (χ1) is 10.8. The Hall–Kier alpha value is -1.08. The van der Waals surface area contributed by atoms with Gasteiger partial charge in [-0.15, -0.1) is 11.3 Å². The summed E-state index contributed by atoms with van der Waals surface area (Å²) in [7, 11) is 0. The van der Waals surface area contributed by atoms with Crippen LogP contribution in [0.3, 0.4) is 0 Å². The van der Waals surface area contributed by atoms with Gasteiger partial charge in [0.1, 0.15) is 5.01 Å². The molecule has 5 nitrogen and oxygen atoms in total. The maximum absolute atomic E-state index is 12.3. The molecule has 0 bridgehead atoms. The van der Waals surface area contributed by atoms with Gasteiger partial charge in [-0.3, -0.25) is 9.59 Å². The molecule has 1 aromatic rings. The van der Waals surface area contributed by atoms with Crippen molar-refractivity contribution in [3.05, 3.63) is 16.1 Å². The molecule has 1 aliphatic rings. The van der Waals surface area contributed by atoms with Crippen LogP contribution < -0.4 is 5.32 Å². The number of carbonyl (C=O) groups is 2. The number of thioether (sulfide) groups is 1. The fraction of sp³-hybridized carbons (Fsp3) is 0.688. The molecule has 1 aromatic heterocycles. The molecular formula is C16H25N3O2S2. The lowest BCUT2D eigenvalue weighted by molar-refractivity contribution is -0.132. The number of nitrogens with zero attached hydrogens (tertiary/aromatic N) is 2. The van der Waals surface area contributed by atoms with Gasteiger partial charge in [-0.25, -0.2) is 4.98 Å². The van der Waals surface area contributed by atoms with Gasteiger partial charge in [-0.05, 0) is 27.0 Å². The Bertz CT molecular complexity index is 566. The monoisotopic (exact) mass is 355 g/mol. The molecule has 2 amide bonds. The lowest BCUT2D eigenvalue weighted by atomic mass is 10.1. The number of carbonyl (C=O) groups excluding carboxylic acids is 2. The lowest BCUT2D eigenvalue weighted by Crippen LogP contribution is -2.43. The lowest BCUT2D eigenvalue weighted by Gasteiger charge is -2.31. The van der Waals surface area contributed by atoms with Gasteiger partial charge in [-0.1, -0.05) is 0 Å². The van der Waals surface area contributed by atoms with Crippen LogP contribution in [0.15, 0.2) is 5.38 Å². The van der Waals surface area contributed by atoms with Crippen molar-refractivity contribution >= 4 is 34.9 Å². The van der Waals surface area contributed by atoms with Gasteiger partial charge in [0, 0.05) is 42.6 Å². The minimum Gasteiger partial charge on any atom is -0.355 e. The molecule has 0 saturated carbocycles. The van der Waals surface area contributed by atoms with Crippen molar-refractivity contribution < 1.29 is 9.59 Å². The van der Waals surface area contributed by atoms with Gasteiger partial charge >= 0.3 is 0 Å². The summed E-state index contributed by atoms with van der Waals surface area (Å²) in [6.45, 7) is 7.09. The average Bonchev–Trinajstić information content (AvgIpc) is 3.05. The molecule has 7 heteroatoms. The molecule has 1 atom stereocenters. The van der Waals surface area contributed by atoms with Gasteiger partial charge in [0.2, 0.25) is 11.8 Å². The van der Waals surface area contributed by atoms with E-state index in [1.807, 2.05) is 20.8 Å². The standard InChI is InChI=1S/C16H25N3O2S2/c1-16(2,3)19-8-11(7-14(19)20)15(21)17-6-5-12-9-23-13(18-12)10-22-4/h9,11H,5-8,10H2,1-4H3,(H,17,21)/t11-/m1/s1. The molecule has 1 aliphatic heterocycles. The molecule has 0 radical (unpaired) electrons. The summed E-state index contributed by atoms with van der Waals surface area (Å²) in [5.74, 6) is 0.747. The first-order valence-corrected chi connectivity index (χ1v) is 10.1. The summed E-state index contributed by atoms with van der Waals surface area (Å²) in [4.78, 5) is 30.6. The minimum absolute atomic E-state index is 0.0235. The van der Waals surface area contributed by atoms with Crippen LogP contribution in [0.5, 0.6) is 0 Å². The summed E-state index contributed by atoms with van der Waals surface area (Å²) < 4.78 is 0. The Labute approximate surface area is 146 Å². The van der Waals surface area contributed by atoms with Crippen molar-refractivity contribution in [1.82, 2.24) is 15.2 Å². The number of hydrogen-bond donors (Lipinski definition) is 1. The van der Waals surface area contributed by atoms with E-state index in [-0.39, 0.29) is 23.3 Å². The number of amides is 2.